The number of ether oxygens (including phenoxy) is 2. The van der Waals surface area contributed by atoms with E-state index in [1.54, 1.807) is 18.2 Å². The van der Waals surface area contributed by atoms with Crippen LogP contribution in [0.3, 0.4) is 0 Å². The van der Waals surface area contributed by atoms with Crippen LogP contribution < -0.4 is 20.1 Å². The molecule has 1 saturated heterocycles. The Bertz CT molecular complexity index is 914. The van der Waals surface area contributed by atoms with Crippen LogP contribution in [0.5, 0.6) is 11.5 Å². The third-order valence-corrected chi connectivity index (χ3v) is 5.37. The lowest BCUT2D eigenvalue weighted by molar-refractivity contribution is -0.118. The van der Waals surface area contributed by atoms with Crippen molar-refractivity contribution >= 4 is 28.8 Å². The Morgan fingerprint density at radius 2 is 1.86 bits per heavy atom. The van der Waals surface area contributed by atoms with Gasteiger partial charge in [-0.2, -0.15) is 0 Å². The molecule has 1 unspecified atom stereocenters. The lowest BCUT2D eigenvalue weighted by Crippen LogP contribution is -2.26. The van der Waals surface area contributed by atoms with E-state index in [0.29, 0.717) is 30.9 Å². The highest BCUT2D eigenvalue weighted by Gasteiger charge is 2.31. The third kappa shape index (κ3) is 5.29. The van der Waals surface area contributed by atoms with E-state index in [-0.39, 0.29) is 17.1 Å². The Labute approximate surface area is 173 Å². The Morgan fingerprint density at radius 3 is 2.48 bits per heavy atom. The van der Waals surface area contributed by atoms with E-state index in [1.165, 1.54) is 7.11 Å². The third-order valence-electron chi connectivity index (χ3n) is 4.38. The molecule has 1 atom stereocenters. The van der Waals surface area contributed by atoms with Gasteiger partial charge in [-0.3, -0.25) is 19.7 Å². The van der Waals surface area contributed by atoms with Crippen LogP contribution in [0.2, 0.25) is 0 Å². The molecule has 0 bridgehead atoms. The number of hydrogen-bond acceptors (Lipinski definition) is 6. The molecule has 2 aromatic rings. The molecular formula is C21H22N2O5S. The predicted octanol–water partition coefficient (Wildman–Crippen LogP) is 2.92. The van der Waals surface area contributed by atoms with Crippen molar-refractivity contribution in [3.05, 3.63) is 59.2 Å². The van der Waals surface area contributed by atoms with Crippen LogP contribution in [0.1, 0.15) is 28.4 Å². The molecule has 0 saturated carbocycles. The lowest BCUT2D eigenvalue weighted by Gasteiger charge is -2.13. The van der Waals surface area contributed by atoms with Gasteiger partial charge in [-0.1, -0.05) is 30.0 Å². The maximum atomic E-state index is 12.7. The minimum absolute atomic E-state index is 0.280. The van der Waals surface area contributed by atoms with Gasteiger partial charge in [-0.25, -0.2) is 0 Å². The first-order chi connectivity index (χ1) is 14.0. The van der Waals surface area contributed by atoms with Gasteiger partial charge >= 0.3 is 0 Å². The molecule has 1 aliphatic rings. The van der Waals surface area contributed by atoms with Gasteiger partial charge in [-0.15, -0.1) is 0 Å². The number of nitrogens with one attached hydrogen (secondary N) is 2. The van der Waals surface area contributed by atoms with Crippen LogP contribution >= 0.6 is 11.8 Å². The maximum Gasteiger partial charge on any atom is 0.286 e. The Morgan fingerprint density at radius 1 is 1.14 bits per heavy atom. The molecule has 0 aliphatic carbocycles. The zero-order valence-corrected chi connectivity index (χ0v) is 17.0. The highest BCUT2D eigenvalue weighted by molar-refractivity contribution is 8.15. The monoisotopic (exact) mass is 414 g/mol. The number of amides is 3. The van der Waals surface area contributed by atoms with Gasteiger partial charge in [0.2, 0.25) is 5.91 Å². The van der Waals surface area contributed by atoms with Crippen molar-refractivity contribution in [1.82, 2.24) is 10.6 Å². The lowest BCUT2D eigenvalue weighted by atomic mass is 10.0. The second-order valence-electron chi connectivity index (χ2n) is 6.38. The number of carbonyl (C=O) groups excluding carboxylic acids is 3. The number of hydrogen-bond donors (Lipinski definition) is 2. The topological polar surface area (TPSA) is 93.7 Å². The van der Waals surface area contributed by atoms with Crippen molar-refractivity contribution < 1.29 is 23.9 Å². The van der Waals surface area contributed by atoms with Gasteiger partial charge < -0.3 is 14.8 Å². The molecule has 152 valence electrons. The zero-order chi connectivity index (χ0) is 20.8. The number of thioether (sulfide) groups is 1. The van der Waals surface area contributed by atoms with Crippen molar-refractivity contribution in [2.75, 3.05) is 13.7 Å². The number of benzene rings is 2. The maximum absolute atomic E-state index is 12.7. The second-order valence-corrected chi connectivity index (χ2v) is 7.56. The average molecular weight is 414 g/mol. The highest BCUT2D eigenvalue weighted by Crippen LogP contribution is 2.26. The normalized spacial score (nSPS) is 15.7. The Balaban J connectivity index is 1.68. The van der Waals surface area contributed by atoms with Crippen LogP contribution in [0.25, 0.3) is 0 Å². The standard InChI is InChI=1S/C21H22N2O5S/c1-3-28-15-7-4-13(5-8-15)12-22-19(24)16-10-14(6-9-17(16)27-2)11-18-20(25)23-21(26)29-18/h4-10,18H,3,11-12H2,1-2H3,(H,22,24)(H,23,25,26). The largest absolute Gasteiger partial charge is 0.496 e. The molecule has 29 heavy (non-hydrogen) atoms. The van der Waals surface area contributed by atoms with Gasteiger partial charge in [-0.05, 0) is 48.7 Å². The van der Waals surface area contributed by atoms with E-state index in [0.717, 1.165) is 28.6 Å². The summed E-state index contributed by atoms with van der Waals surface area (Å²) in [5, 5.41) is 4.31. The molecule has 2 aromatic carbocycles. The van der Waals surface area contributed by atoms with Gasteiger partial charge in [0.25, 0.3) is 11.1 Å². The fourth-order valence-corrected chi connectivity index (χ4v) is 3.81. The van der Waals surface area contributed by atoms with Gasteiger partial charge in [0.05, 0.1) is 24.5 Å². The van der Waals surface area contributed by atoms with Crippen molar-refractivity contribution in [1.29, 1.82) is 0 Å². The molecule has 0 radical (unpaired) electrons. The smallest absolute Gasteiger partial charge is 0.286 e. The fourth-order valence-electron chi connectivity index (χ4n) is 2.95. The zero-order valence-electron chi connectivity index (χ0n) is 16.2. The van der Waals surface area contributed by atoms with Gasteiger partial charge in [0.1, 0.15) is 11.5 Å². The SMILES string of the molecule is CCOc1ccc(CNC(=O)c2cc(CC3SC(=O)NC3=O)ccc2OC)cc1. The minimum atomic E-state index is -0.490. The van der Waals surface area contributed by atoms with E-state index in [2.05, 4.69) is 10.6 Å². The number of carbonyl (C=O) groups is 3. The van der Waals surface area contributed by atoms with E-state index in [9.17, 15) is 14.4 Å². The molecule has 1 aliphatic heterocycles. The summed E-state index contributed by atoms with van der Waals surface area (Å²) in [4.78, 5) is 35.9. The molecule has 7 nitrogen and oxygen atoms in total. The summed E-state index contributed by atoms with van der Waals surface area (Å²) in [6.07, 6.45) is 0.353. The van der Waals surface area contributed by atoms with Crippen molar-refractivity contribution in [3.63, 3.8) is 0 Å². The Hall–Kier alpha value is -3.00. The number of rotatable bonds is 8. The molecule has 2 N–H and O–H groups in total. The van der Waals surface area contributed by atoms with E-state index in [4.69, 9.17) is 9.47 Å². The van der Waals surface area contributed by atoms with Crippen molar-refractivity contribution in [2.24, 2.45) is 0 Å². The first kappa shape index (κ1) is 20.7. The fraction of sp³-hybridized carbons (Fsp3) is 0.286. The van der Waals surface area contributed by atoms with Crippen molar-refractivity contribution in [3.8, 4) is 11.5 Å². The molecule has 0 aromatic heterocycles. The van der Waals surface area contributed by atoms with E-state index >= 15 is 0 Å². The Kier molecular flexibility index (Phi) is 6.77. The second kappa shape index (κ2) is 9.47. The quantitative estimate of drug-likeness (QED) is 0.690. The van der Waals surface area contributed by atoms with Crippen molar-refractivity contribution in [2.45, 2.75) is 25.1 Å². The molecule has 8 heteroatoms. The van der Waals surface area contributed by atoms with Gasteiger partial charge in [0.15, 0.2) is 0 Å². The average Bonchev–Trinajstić information content (AvgIpc) is 3.04. The highest BCUT2D eigenvalue weighted by atomic mass is 32.2. The first-order valence-corrected chi connectivity index (χ1v) is 10.1. The summed E-state index contributed by atoms with van der Waals surface area (Å²) >= 11 is 0.963. The van der Waals surface area contributed by atoms with Crippen LogP contribution in [0.15, 0.2) is 42.5 Å². The summed E-state index contributed by atoms with van der Waals surface area (Å²) in [6.45, 7) is 2.88. The minimum Gasteiger partial charge on any atom is -0.496 e. The molecule has 0 spiro atoms. The number of imide groups is 1. The molecule has 1 fully saturated rings. The molecular weight excluding hydrogens is 392 g/mol. The number of methoxy groups -OCH3 is 1. The summed E-state index contributed by atoms with van der Waals surface area (Å²) in [7, 11) is 1.50. The molecule has 3 amide bonds. The first-order valence-electron chi connectivity index (χ1n) is 9.18. The predicted molar refractivity (Wildman–Crippen MR) is 110 cm³/mol. The summed E-state index contributed by atoms with van der Waals surface area (Å²) in [5.74, 6) is 0.635. The van der Waals surface area contributed by atoms with E-state index in [1.807, 2.05) is 31.2 Å². The summed E-state index contributed by atoms with van der Waals surface area (Å²) < 4.78 is 10.7. The molecule has 3 rings (SSSR count). The summed E-state index contributed by atoms with van der Waals surface area (Å²) in [5.41, 5.74) is 2.10. The van der Waals surface area contributed by atoms with Crippen LogP contribution in [0, 0.1) is 0 Å². The van der Waals surface area contributed by atoms with Crippen LogP contribution in [-0.4, -0.2) is 36.0 Å². The van der Waals surface area contributed by atoms with E-state index < -0.39 is 5.25 Å². The van der Waals surface area contributed by atoms with Crippen LogP contribution in [-0.2, 0) is 17.8 Å². The summed E-state index contributed by atoms with van der Waals surface area (Å²) in [6, 6.07) is 12.7. The van der Waals surface area contributed by atoms with Crippen LogP contribution in [0.4, 0.5) is 4.79 Å². The molecule has 1 heterocycles. The van der Waals surface area contributed by atoms with Gasteiger partial charge in [0, 0.05) is 6.54 Å².